The second kappa shape index (κ2) is 9.44. The van der Waals surface area contributed by atoms with Crippen molar-refractivity contribution in [3.8, 4) is 0 Å². The van der Waals surface area contributed by atoms with Crippen molar-refractivity contribution < 1.29 is 19.1 Å². The molecule has 1 atom stereocenters. The average molecular weight is 308 g/mol. The molecule has 22 heavy (non-hydrogen) atoms. The molecular formula is C18H28O4. The Morgan fingerprint density at radius 2 is 1.82 bits per heavy atom. The zero-order valence-corrected chi connectivity index (χ0v) is 14.2. The van der Waals surface area contributed by atoms with Gasteiger partial charge < -0.3 is 9.47 Å². The number of carbonyl (C=O) groups excluding carboxylic acids is 2. The van der Waals surface area contributed by atoms with Crippen LogP contribution >= 0.6 is 0 Å². The molecule has 0 spiro atoms. The van der Waals surface area contributed by atoms with Gasteiger partial charge in [-0.1, -0.05) is 13.8 Å². The Labute approximate surface area is 133 Å². The van der Waals surface area contributed by atoms with Gasteiger partial charge in [0.15, 0.2) is 0 Å². The van der Waals surface area contributed by atoms with Crippen LogP contribution in [0.5, 0.6) is 0 Å². The molecule has 0 aromatic rings. The van der Waals surface area contributed by atoms with Crippen molar-refractivity contribution in [2.24, 2.45) is 5.92 Å². The van der Waals surface area contributed by atoms with Gasteiger partial charge in [-0.15, -0.1) is 0 Å². The smallest absolute Gasteiger partial charge is 0.307 e. The molecule has 0 aromatic heterocycles. The van der Waals surface area contributed by atoms with Gasteiger partial charge in [0, 0.05) is 26.2 Å². The highest BCUT2D eigenvalue weighted by Crippen LogP contribution is 2.29. The molecule has 0 fully saturated rings. The van der Waals surface area contributed by atoms with Crippen LogP contribution in [0.1, 0.15) is 72.6 Å². The number of hydrogen-bond acceptors (Lipinski definition) is 4. The van der Waals surface area contributed by atoms with Crippen molar-refractivity contribution in [2.45, 2.75) is 72.6 Å². The molecular weight excluding hydrogens is 280 g/mol. The summed E-state index contributed by atoms with van der Waals surface area (Å²) in [5.74, 6) is 1.92. The van der Waals surface area contributed by atoms with Crippen LogP contribution in [0.3, 0.4) is 0 Å². The molecule has 2 aliphatic carbocycles. The Morgan fingerprint density at radius 1 is 1.14 bits per heavy atom. The summed E-state index contributed by atoms with van der Waals surface area (Å²) in [6.45, 7) is 7.13. The molecule has 0 bridgehead atoms. The van der Waals surface area contributed by atoms with E-state index in [0.29, 0.717) is 5.92 Å². The van der Waals surface area contributed by atoms with Crippen molar-refractivity contribution in [2.75, 3.05) is 0 Å². The summed E-state index contributed by atoms with van der Waals surface area (Å²) >= 11 is 0. The van der Waals surface area contributed by atoms with Crippen LogP contribution in [0, 0.1) is 5.92 Å². The standard InChI is InChI=1S/2C9H14O2/c2*1-3-8-5-4-6-9(8)11-7(2)10/h3-6H2,1-2H3;6,8H,3-5H2,1-2H3. The summed E-state index contributed by atoms with van der Waals surface area (Å²) < 4.78 is 10.1. The second-order valence-electron chi connectivity index (χ2n) is 5.71. The van der Waals surface area contributed by atoms with Crippen LogP contribution in [0.2, 0.25) is 0 Å². The van der Waals surface area contributed by atoms with E-state index in [1.165, 1.54) is 19.4 Å². The third-order valence-corrected chi connectivity index (χ3v) is 3.99. The van der Waals surface area contributed by atoms with Crippen LogP contribution < -0.4 is 0 Å². The number of hydrogen-bond donors (Lipinski definition) is 0. The lowest BCUT2D eigenvalue weighted by atomic mass is 10.1. The van der Waals surface area contributed by atoms with E-state index in [1.54, 1.807) is 0 Å². The third-order valence-electron chi connectivity index (χ3n) is 3.99. The number of rotatable bonds is 4. The van der Waals surface area contributed by atoms with Crippen molar-refractivity contribution >= 4 is 11.9 Å². The number of carbonyl (C=O) groups is 2. The highest BCUT2D eigenvalue weighted by atomic mass is 16.5. The van der Waals surface area contributed by atoms with Gasteiger partial charge in [0.2, 0.25) is 0 Å². The van der Waals surface area contributed by atoms with E-state index in [4.69, 9.17) is 9.47 Å². The molecule has 0 saturated carbocycles. The minimum absolute atomic E-state index is 0.187. The van der Waals surface area contributed by atoms with Gasteiger partial charge in [-0.2, -0.15) is 0 Å². The zero-order valence-electron chi connectivity index (χ0n) is 14.2. The minimum atomic E-state index is -0.198. The topological polar surface area (TPSA) is 52.6 Å². The largest absolute Gasteiger partial charge is 0.431 e. The molecule has 2 rings (SSSR count). The lowest BCUT2D eigenvalue weighted by molar-refractivity contribution is -0.138. The van der Waals surface area contributed by atoms with Gasteiger partial charge in [-0.25, -0.2) is 0 Å². The van der Waals surface area contributed by atoms with E-state index in [-0.39, 0.29) is 11.9 Å². The fraction of sp³-hybridized carbons (Fsp3) is 0.667. The lowest BCUT2D eigenvalue weighted by Crippen LogP contribution is -2.05. The zero-order chi connectivity index (χ0) is 16.5. The second-order valence-corrected chi connectivity index (χ2v) is 5.71. The van der Waals surface area contributed by atoms with Gasteiger partial charge in [-0.3, -0.25) is 9.59 Å². The van der Waals surface area contributed by atoms with Crippen LogP contribution in [-0.2, 0) is 19.1 Å². The summed E-state index contributed by atoms with van der Waals surface area (Å²) in [6.07, 6.45) is 9.51. The van der Waals surface area contributed by atoms with Crippen molar-refractivity contribution in [1.82, 2.24) is 0 Å². The van der Waals surface area contributed by atoms with Crippen molar-refractivity contribution in [3.05, 3.63) is 23.2 Å². The van der Waals surface area contributed by atoms with E-state index < -0.39 is 0 Å². The van der Waals surface area contributed by atoms with E-state index in [1.807, 2.05) is 6.08 Å². The minimum Gasteiger partial charge on any atom is -0.431 e. The first-order valence-electron chi connectivity index (χ1n) is 8.25. The maximum atomic E-state index is 10.6. The highest BCUT2D eigenvalue weighted by molar-refractivity contribution is 5.67. The molecule has 0 saturated heterocycles. The Kier molecular flexibility index (Phi) is 7.92. The third kappa shape index (κ3) is 6.04. The Hall–Kier alpha value is -1.58. The molecule has 0 amide bonds. The number of esters is 2. The monoisotopic (exact) mass is 308 g/mol. The summed E-state index contributed by atoms with van der Waals surface area (Å²) in [5.41, 5.74) is 1.32. The first-order valence-corrected chi connectivity index (χ1v) is 8.25. The summed E-state index contributed by atoms with van der Waals surface area (Å²) in [7, 11) is 0. The maximum Gasteiger partial charge on any atom is 0.307 e. The molecule has 0 N–H and O–H groups in total. The Balaban J connectivity index is 0.000000220. The molecule has 0 radical (unpaired) electrons. The Bertz CT molecular complexity index is 460. The molecule has 124 valence electrons. The van der Waals surface area contributed by atoms with Gasteiger partial charge >= 0.3 is 11.9 Å². The maximum absolute atomic E-state index is 10.6. The fourth-order valence-electron chi connectivity index (χ4n) is 2.88. The quantitative estimate of drug-likeness (QED) is 0.709. The number of ether oxygens (including phenoxy) is 2. The molecule has 0 aromatic carbocycles. The van der Waals surface area contributed by atoms with Crippen LogP contribution in [0.25, 0.3) is 0 Å². The van der Waals surface area contributed by atoms with E-state index in [0.717, 1.165) is 56.5 Å². The van der Waals surface area contributed by atoms with Crippen LogP contribution in [0.15, 0.2) is 23.2 Å². The molecule has 0 aliphatic heterocycles. The Morgan fingerprint density at radius 3 is 2.36 bits per heavy atom. The molecule has 0 heterocycles. The molecule has 2 aliphatic rings. The summed E-state index contributed by atoms with van der Waals surface area (Å²) in [6, 6.07) is 0. The van der Waals surface area contributed by atoms with Gasteiger partial charge in [0.25, 0.3) is 0 Å². The summed E-state index contributed by atoms with van der Waals surface area (Å²) in [5, 5.41) is 0. The fourth-order valence-corrected chi connectivity index (χ4v) is 2.88. The van der Waals surface area contributed by atoms with Crippen LogP contribution in [-0.4, -0.2) is 11.9 Å². The number of allylic oxidation sites excluding steroid dienone is 4. The molecule has 4 heteroatoms. The molecule has 1 unspecified atom stereocenters. The van der Waals surface area contributed by atoms with E-state index in [9.17, 15) is 9.59 Å². The normalized spacial score (nSPS) is 20.2. The van der Waals surface area contributed by atoms with Gasteiger partial charge in [0.05, 0.1) is 0 Å². The summed E-state index contributed by atoms with van der Waals surface area (Å²) in [4.78, 5) is 21.2. The predicted molar refractivity (Wildman–Crippen MR) is 85.8 cm³/mol. The van der Waals surface area contributed by atoms with E-state index in [2.05, 4.69) is 13.8 Å². The first-order chi connectivity index (χ1) is 10.5. The van der Waals surface area contributed by atoms with Crippen molar-refractivity contribution in [3.63, 3.8) is 0 Å². The average Bonchev–Trinajstić information content (AvgIpc) is 3.07. The van der Waals surface area contributed by atoms with Crippen molar-refractivity contribution in [1.29, 1.82) is 0 Å². The highest BCUT2D eigenvalue weighted by Gasteiger charge is 2.19. The first kappa shape index (κ1) is 18.5. The lowest BCUT2D eigenvalue weighted by Gasteiger charge is -2.10. The van der Waals surface area contributed by atoms with Gasteiger partial charge in [0.1, 0.15) is 11.5 Å². The van der Waals surface area contributed by atoms with E-state index >= 15 is 0 Å². The SMILES string of the molecule is CCC1=C(OC(C)=O)CCC1.CCC1CCC=C1OC(C)=O. The predicted octanol–water partition coefficient (Wildman–Crippen LogP) is 4.65. The molecule has 4 nitrogen and oxygen atoms in total. The van der Waals surface area contributed by atoms with Gasteiger partial charge in [-0.05, 0) is 50.2 Å². The van der Waals surface area contributed by atoms with Crippen LogP contribution in [0.4, 0.5) is 0 Å².